The molecule has 5 aromatic rings. The first-order valence-corrected chi connectivity index (χ1v) is 12.3. The molecule has 6 heteroatoms. The van der Waals surface area contributed by atoms with Crippen molar-refractivity contribution in [3.63, 3.8) is 0 Å². The summed E-state index contributed by atoms with van der Waals surface area (Å²) in [6.07, 6.45) is 0. The molecule has 0 aliphatic carbocycles. The molecule has 0 bridgehead atoms. The number of benzene rings is 4. The number of nitrogens with zero attached hydrogens (tertiary/aromatic N) is 1. The van der Waals surface area contributed by atoms with E-state index in [-0.39, 0.29) is 23.6 Å². The van der Waals surface area contributed by atoms with E-state index in [9.17, 15) is 9.59 Å². The van der Waals surface area contributed by atoms with Crippen molar-refractivity contribution in [1.82, 2.24) is 4.90 Å². The zero-order chi connectivity index (χ0) is 25.4. The van der Waals surface area contributed by atoms with E-state index >= 15 is 0 Å². The van der Waals surface area contributed by atoms with Crippen molar-refractivity contribution in [2.75, 3.05) is 0 Å². The van der Waals surface area contributed by atoms with Crippen LogP contribution in [0.15, 0.2) is 112 Å². The smallest absolute Gasteiger partial charge is 0.291 e. The maximum atomic E-state index is 13.7. The van der Waals surface area contributed by atoms with E-state index in [0.717, 1.165) is 16.7 Å². The standard InChI is InChI=1S/C31H22ClNO4/c32-25-12-6-4-10-22(25)18-33-28(21-14-16-23(17-15-21)36-19-20-8-2-1-3-9-20)27-29(34)24-11-5-7-13-26(24)37-30(27)31(33)35/h1-17,28H,18-19H2. The second kappa shape index (κ2) is 9.60. The number of carbonyl (C=O) groups excluding carboxylic acids is 1. The highest BCUT2D eigenvalue weighted by Crippen LogP contribution is 2.40. The summed E-state index contributed by atoms with van der Waals surface area (Å²) in [6, 6.07) is 31.2. The van der Waals surface area contributed by atoms with E-state index in [1.807, 2.05) is 72.8 Å². The quantitative estimate of drug-likeness (QED) is 0.254. The molecule has 0 radical (unpaired) electrons. The number of amides is 1. The molecule has 1 aliphatic heterocycles. The highest BCUT2D eigenvalue weighted by molar-refractivity contribution is 6.31. The topological polar surface area (TPSA) is 59.8 Å². The van der Waals surface area contributed by atoms with Crippen molar-refractivity contribution in [1.29, 1.82) is 0 Å². The Kier molecular flexibility index (Phi) is 5.99. The Morgan fingerprint density at radius 1 is 0.811 bits per heavy atom. The molecule has 1 unspecified atom stereocenters. The van der Waals surface area contributed by atoms with Crippen LogP contribution in [0.1, 0.15) is 38.9 Å². The van der Waals surface area contributed by atoms with Crippen molar-refractivity contribution in [3.05, 3.63) is 146 Å². The number of carbonyl (C=O) groups is 1. The van der Waals surface area contributed by atoms with Crippen molar-refractivity contribution in [2.45, 2.75) is 19.2 Å². The Morgan fingerprint density at radius 2 is 1.51 bits per heavy atom. The fraction of sp³-hybridized carbons (Fsp3) is 0.0968. The molecule has 1 atom stereocenters. The average Bonchev–Trinajstić information content (AvgIpc) is 3.21. The van der Waals surface area contributed by atoms with Gasteiger partial charge in [0.2, 0.25) is 5.76 Å². The molecule has 6 rings (SSSR count). The zero-order valence-corrected chi connectivity index (χ0v) is 20.5. The lowest BCUT2D eigenvalue weighted by Crippen LogP contribution is -2.29. The van der Waals surface area contributed by atoms with Crippen LogP contribution in [0.2, 0.25) is 5.02 Å². The van der Waals surface area contributed by atoms with Gasteiger partial charge >= 0.3 is 0 Å². The Labute approximate surface area is 218 Å². The predicted octanol–water partition coefficient (Wildman–Crippen LogP) is 6.77. The molecule has 2 heterocycles. The molecular formula is C31H22ClNO4. The van der Waals surface area contributed by atoms with Crippen LogP contribution in [-0.4, -0.2) is 10.8 Å². The van der Waals surface area contributed by atoms with Crippen molar-refractivity contribution in [3.8, 4) is 5.75 Å². The van der Waals surface area contributed by atoms with Crippen LogP contribution in [0.3, 0.4) is 0 Å². The van der Waals surface area contributed by atoms with Gasteiger partial charge in [0.1, 0.15) is 17.9 Å². The minimum Gasteiger partial charge on any atom is -0.489 e. The van der Waals surface area contributed by atoms with Gasteiger partial charge in [-0.05, 0) is 47.0 Å². The van der Waals surface area contributed by atoms with E-state index < -0.39 is 6.04 Å². The highest BCUT2D eigenvalue weighted by atomic mass is 35.5. The number of para-hydroxylation sites is 1. The number of hydrogen-bond donors (Lipinski definition) is 0. The molecule has 0 N–H and O–H groups in total. The molecule has 1 amide bonds. The van der Waals surface area contributed by atoms with E-state index in [4.69, 9.17) is 20.8 Å². The van der Waals surface area contributed by atoms with Gasteiger partial charge in [-0.2, -0.15) is 0 Å². The van der Waals surface area contributed by atoms with Crippen LogP contribution in [0.5, 0.6) is 5.75 Å². The first kappa shape index (κ1) is 23.1. The van der Waals surface area contributed by atoms with Gasteiger partial charge in [0.25, 0.3) is 5.91 Å². The molecule has 0 saturated carbocycles. The lowest BCUT2D eigenvalue weighted by Gasteiger charge is -2.25. The molecule has 0 spiro atoms. The van der Waals surface area contributed by atoms with Gasteiger partial charge < -0.3 is 14.1 Å². The number of hydrogen-bond acceptors (Lipinski definition) is 4. The Hall–Kier alpha value is -4.35. The third-order valence-electron chi connectivity index (χ3n) is 6.62. The van der Waals surface area contributed by atoms with Crippen LogP contribution < -0.4 is 10.2 Å². The minimum atomic E-state index is -0.622. The number of ether oxygens (including phenoxy) is 1. The van der Waals surface area contributed by atoms with Crippen LogP contribution in [-0.2, 0) is 13.2 Å². The van der Waals surface area contributed by atoms with Crippen LogP contribution in [0, 0.1) is 0 Å². The lowest BCUT2D eigenvalue weighted by molar-refractivity contribution is 0.0714. The second-order valence-corrected chi connectivity index (χ2v) is 9.35. The van der Waals surface area contributed by atoms with Gasteiger partial charge in [0, 0.05) is 11.6 Å². The van der Waals surface area contributed by atoms with Crippen molar-refractivity contribution in [2.24, 2.45) is 0 Å². The monoisotopic (exact) mass is 507 g/mol. The number of rotatable bonds is 6. The Bertz CT molecular complexity index is 1660. The Balaban J connectivity index is 1.40. The SMILES string of the molecule is O=C1c2oc3ccccc3c(=O)c2C(c2ccc(OCc3ccccc3)cc2)N1Cc1ccccc1Cl. The molecule has 5 nitrogen and oxygen atoms in total. The minimum absolute atomic E-state index is 0.0742. The predicted molar refractivity (Wildman–Crippen MR) is 143 cm³/mol. The van der Waals surface area contributed by atoms with E-state index in [0.29, 0.717) is 33.9 Å². The van der Waals surface area contributed by atoms with Crippen LogP contribution in [0.25, 0.3) is 11.0 Å². The molecular weight excluding hydrogens is 486 g/mol. The van der Waals surface area contributed by atoms with Crippen molar-refractivity contribution >= 4 is 28.5 Å². The van der Waals surface area contributed by atoms with Crippen molar-refractivity contribution < 1.29 is 13.9 Å². The highest BCUT2D eigenvalue weighted by Gasteiger charge is 2.42. The summed E-state index contributed by atoms with van der Waals surface area (Å²) in [5, 5.41) is 1.00. The van der Waals surface area contributed by atoms with Gasteiger partial charge in [0.15, 0.2) is 5.43 Å². The summed E-state index contributed by atoms with van der Waals surface area (Å²) in [6.45, 7) is 0.675. The van der Waals surface area contributed by atoms with Crippen LogP contribution >= 0.6 is 11.6 Å². The van der Waals surface area contributed by atoms with E-state index in [1.165, 1.54) is 0 Å². The summed E-state index contributed by atoms with van der Waals surface area (Å²) in [5.41, 5.74) is 3.17. The summed E-state index contributed by atoms with van der Waals surface area (Å²) in [7, 11) is 0. The summed E-state index contributed by atoms with van der Waals surface area (Å²) < 4.78 is 12.0. The second-order valence-electron chi connectivity index (χ2n) is 8.94. The van der Waals surface area contributed by atoms with Gasteiger partial charge in [0.05, 0.1) is 17.0 Å². The third kappa shape index (κ3) is 4.28. The number of fused-ring (bicyclic) bond motifs is 2. The van der Waals surface area contributed by atoms with Gasteiger partial charge in [-0.3, -0.25) is 9.59 Å². The summed E-state index contributed by atoms with van der Waals surface area (Å²) in [4.78, 5) is 28.9. The lowest BCUT2D eigenvalue weighted by atomic mass is 9.98. The zero-order valence-electron chi connectivity index (χ0n) is 19.8. The molecule has 182 valence electrons. The molecule has 1 aromatic heterocycles. The number of halogens is 1. The van der Waals surface area contributed by atoms with Gasteiger partial charge in [-0.1, -0.05) is 84.4 Å². The fourth-order valence-corrected chi connectivity index (χ4v) is 4.97. The Morgan fingerprint density at radius 3 is 2.30 bits per heavy atom. The first-order valence-electron chi connectivity index (χ1n) is 12.0. The third-order valence-corrected chi connectivity index (χ3v) is 6.98. The maximum Gasteiger partial charge on any atom is 0.291 e. The molecule has 0 fully saturated rings. The average molecular weight is 508 g/mol. The largest absolute Gasteiger partial charge is 0.489 e. The molecule has 37 heavy (non-hydrogen) atoms. The molecule has 0 saturated heterocycles. The van der Waals surface area contributed by atoms with Gasteiger partial charge in [-0.25, -0.2) is 0 Å². The summed E-state index contributed by atoms with van der Waals surface area (Å²) >= 11 is 6.44. The fourth-order valence-electron chi connectivity index (χ4n) is 4.77. The van der Waals surface area contributed by atoms with E-state index in [1.54, 1.807) is 35.2 Å². The molecule has 1 aliphatic rings. The van der Waals surface area contributed by atoms with E-state index in [2.05, 4.69) is 0 Å². The maximum absolute atomic E-state index is 13.7. The van der Waals surface area contributed by atoms with Crippen LogP contribution in [0.4, 0.5) is 0 Å². The van der Waals surface area contributed by atoms with Gasteiger partial charge in [-0.15, -0.1) is 0 Å². The molecule has 4 aromatic carbocycles. The first-order chi connectivity index (χ1) is 18.1. The normalized spacial score (nSPS) is 14.7. The summed E-state index contributed by atoms with van der Waals surface area (Å²) in [5.74, 6) is 0.428.